The molecule has 3 fully saturated rings. The minimum Gasteiger partial charge on any atom is -0.341 e. The molecule has 0 aromatic heterocycles. The van der Waals surface area contributed by atoms with Crippen LogP contribution in [0.25, 0.3) is 0 Å². The number of piperidine rings is 1. The van der Waals surface area contributed by atoms with Crippen molar-refractivity contribution < 1.29 is 4.79 Å². The first-order valence-corrected chi connectivity index (χ1v) is 7.43. The molecule has 3 aliphatic heterocycles. The molecule has 0 aliphatic carbocycles. The SMILES string of the molecule is CC1CCCN(C(=O)CN2CC3CNCC3C2)C1. The molecule has 1 N–H and O–H groups in total. The summed E-state index contributed by atoms with van der Waals surface area (Å²) in [6.45, 7) is 9.39. The molecule has 4 nitrogen and oxygen atoms in total. The molecule has 0 saturated carbocycles. The van der Waals surface area contributed by atoms with E-state index in [1.54, 1.807) is 0 Å². The number of rotatable bonds is 2. The maximum atomic E-state index is 12.3. The number of nitrogens with zero attached hydrogens (tertiary/aromatic N) is 2. The van der Waals surface area contributed by atoms with Crippen molar-refractivity contribution in [3.8, 4) is 0 Å². The van der Waals surface area contributed by atoms with Crippen molar-refractivity contribution in [2.24, 2.45) is 17.8 Å². The van der Waals surface area contributed by atoms with Gasteiger partial charge in [-0.3, -0.25) is 9.69 Å². The Morgan fingerprint density at radius 2 is 1.94 bits per heavy atom. The van der Waals surface area contributed by atoms with Crippen molar-refractivity contribution >= 4 is 5.91 Å². The van der Waals surface area contributed by atoms with Crippen LogP contribution >= 0.6 is 0 Å². The molecule has 3 unspecified atom stereocenters. The van der Waals surface area contributed by atoms with E-state index in [2.05, 4.69) is 22.0 Å². The van der Waals surface area contributed by atoms with Gasteiger partial charge in [-0.15, -0.1) is 0 Å². The van der Waals surface area contributed by atoms with Crippen LogP contribution in [0.1, 0.15) is 19.8 Å². The molecular formula is C14H25N3O. The molecule has 3 heterocycles. The highest BCUT2D eigenvalue weighted by molar-refractivity contribution is 5.78. The van der Waals surface area contributed by atoms with E-state index in [1.807, 2.05) is 0 Å². The maximum absolute atomic E-state index is 12.3. The molecule has 0 aromatic rings. The highest BCUT2D eigenvalue weighted by atomic mass is 16.2. The fourth-order valence-electron chi connectivity index (χ4n) is 3.79. The van der Waals surface area contributed by atoms with Gasteiger partial charge in [0.1, 0.15) is 0 Å². The lowest BCUT2D eigenvalue weighted by atomic mass is 10.0. The summed E-state index contributed by atoms with van der Waals surface area (Å²) in [5.41, 5.74) is 0. The molecule has 102 valence electrons. The average Bonchev–Trinajstić information content (AvgIpc) is 2.89. The van der Waals surface area contributed by atoms with E-state index < -0.39 is 0 Å². The smallest absolute Gasteiger partial charge is 0.236 e. The second-order valence-corrected chi connectivity index (χ2v) is 6.46. The summed E-state index contributed by atoms with van der Waals surface area (Å²) in [4.78, 5) is 16.7. The lowest BCUT2D eigenvalue weighted by molar-refractivity contribution is -0.133. The van der Waals surface area contributed by atoms with E-state index in [0.717, 1.165) is 51.1 Å². The Labute approximate surface area is 110 Å². The number of amides is 1. The zero-order valence-corrected chi connectivity index (χ0v) is 11.4. The summed E-state index contributed by atoms with van der Waals surface area (Å²) < 4.78 is 0. The first-order chi connectivity index (χ1) is 8.72. The zero-order valence-electron chi connectivity index (χ0n) is 11.4. The van der Waals surface area contributed by atoms with Gasteiger partial charge in [0.05, 0.1) is 6.54 Å². The van der Waals surface area contributed by atoms with E-state index in [4.69, 9.17) is 0 Å². The van der Waals surface area contributed by atoms with E-state index in [0.29, 0.717) is 18.4 Å². The summed E-state index contributed by atoms with van der Waals surface area (Å²) in [6, 6.07) is 0. The van der Waals surface area contributed by atoms with Gasteiger partial charge in [-0.05, 0) is 43.7 Å². The Morgan fingerprint density at radius 3 is 2.61 bits per heavy atom. The van der Waals surface area contributed by atoms with E-state index >= 15 is 0 Å². The third kappa shape index (κ3) is 2.54. The third-order valence-electron chi connectivity index (χ3n) is 4.83. The van der Waals surface area contributed by atoms with Gasteiger partial charge in [0, 0.05) is 26.2 Å². The number of fused-ring (bicyclic) bond motifs is 1. The van der Waals surface area contributed by atoms with Crippen molar-refractivity contribution in [3.63, 3.8) is 0 Å². The number of hydrogen-bond acceptors (Lipinski definition) is 3. The van der Waals surface area contributed by atoms with Crippen LogP contribution in [-0.4, -0.2) is 61.5 Å². The third-order valence-corrected chi connectivity index (χ3v) is 4.83. The largest absolute Gasteiger partial charge is 0.341 e. The van der Waals surface area contributed by atoms with Crippen LogP contribution in [0.4, 0.5) is 0 Å². The van der Waals surface area contributed by atoms with Gasteiger partial charge in [-0.1, -0.05) is 6.92 Å². The van der Waals surface area contributed by atoms with E-state index in [-0.39, 0.29) is 0 Å². The summed E-state index contributed by atoms with van der Waals surface area (Å²) in [5, 5.41) is 3.45. The van der Waals surface area contributed by atoms with Crippen LogP contribution in [0.3, 0.4) is 0 Å². The second kappa shape index (κ2) is 5.17. The minimum absolute atomic E-state index is 0.356. The normalized spacial score (nSPS) is 36.9. The molecule has 1 amide bonds. The Morgan fingerprint density at radius 1 is 1.22 bits per heavy atom. The summed E-state index contributed by atoms with van der Waals surface area (Å²) in [6.07, 6.45) is 2.46. The van der Waals surface area contributed by atoms with Crippen molar-refractivity contribution in [1.29, 1.82) is 0 Å². The summed E-state index contributed by atoms with van der Waals surface area (Å²) >= 11 is 0. The quantitative estimate of drug-likeness (QED) is 0.771. The van der Waals surface area contributed by atoms with E-state index in [9.17, 15) is 4.79 Å². The highest BCUT2D eigenvalue weighted by Gasteiger charge is 2.37. The Bertz CT molecular complexity index is 308. The number of nitrogens with one attached hydrogen (secondary N) is 1. The maximum Gasteiger partial charge on any atom is 0.236 e. The Kier molecular flexibility index (Phi) is 3.57. The van der Waals surface area contributed by atoms with E-state index in [1.165, 1.54) is 12.8 Å². The number of hydrogen-bond donors (Lipinski definition) is 1. The minimum atomic E-state index is 0.356. The lowest BCUT2D eigenvalue weighted by Crippen LogP contribution is -2.44. The zero-order chi connectivity index (χ0) is 12.5. The molecular weight excluding hydrogens is 226 g/mol. The summed E-state index contributed by atoms with van der Waals surface area (Å²) in [7, 11) is 0. The second-order valence-electron chi connectivity index (χ2n) is 6.46. The molecule has 0 spiro atoms. The summed E-state index contributed by atoms with van der Waals surface area (Å²) in [5.74, 6) is 2.62. The Balaban J connectivity index is 1.49. The molecule has 18 heavy (non-hydrogen) atoms. The molecule has 3 aliphatic rings. The fraction of sp³-hybridized carbons (Fsp3) is 0.929. The van der Waals surface area contributed by atoms with Crippen LogP contribution in [-0.2, 0) is 4.79 Å². The predicted octanol–water partition coefficient (Wildman–Crippen LogP) is 0.396. The van der Waals surface area contributed by atoms with Crippen LogP contribution in [0.15, 0.2) is 0 Å². The molecule has 0 radical (unpaired) electrons. The van der Waals surface area contributed by atoms with Gasteiger partial charge in [0.2, 0.25) is 5.91 Å². The van der Waals surface area contributed by atoms with Gasteiger partial charge in [0.15, 0.2) is 0 Å². The predicted molar refractivity (Wildman–Crippen MR) is 71.3 cm³/mol. The monoisotopic (exact) mass is 251 g/mol. The first kappa shape index (κ1) is 12.4. The number of carbonyl (C=O) groups excluding carboxylic acids is 1. The van der Waals surface area contributed by atoms with Crippen LogP contribution < -0.4 is 5.32 Å². The van der Waals surface area contributed by atoms with Crippen LogP contribution in [0.5, 0.6) is 0 Å². The van der Waals surface area contributed by atoms with Crippen molar-refractivity contribution in [1.82, 2.24) is 15.1 Å². The standard InChI is InChI=1S/C14H25N3O/c1-11-3-2-4-17(7-11)14(18)10-16-8-12-5-15-6-13(12)9-16/h11-13,15H,2-10H2,1H3. The first-order valence-electron chi connectivity index (χ1n) is 7.43. The number of carbonyl (C=O) groups is 1. The van der Waals surface area contributed by atoms with Crippen LogP contribution in [0.2, 0.25) is 0 Å². The highest BCUT2D eigenvalue weighted by Crippen LogP contribution is 2.26. The molecule has 3 rings (SSSR count). The lowest BCUT2D eigenvalue weighted by Gasteiger charge is -2.32. The van der Waals surface area contributed by atoms with Crippen molar-refractivity contribution in [3.05, 3.63) is 0 Å². The van der Waals surface area contributed by atoms with Gasteiger partial charge >= 0.3 is 0 Å². The molecule has 0 bridgehead atoms. The fourth-order valence-corrected chi connectivity index (χ4v) is 3.79. The van der Waals surface area contributed by atoms with Crippen molar-refractivity contribution in [2.75, 3.05) is 45.8 Å². The topological polar surface area (TPSA) is 35.6 Å². The Hall–Kier alpha value is -0.610. The van der Waals surface area contributed by atoms with Crippen molar-refractivity contribution in [2.45, 2.75) is 19.8 Å². The molecule has 3 saturated heterocycles. The number of likely N-dealkylation sites (tertiary alicyclic amines) is 2. The average molecular weight is 251 g/mol. The van der Waals surface area contributed by atoms with Gasteiger partial charge in [-0.2, -0.15) is 0 Å². The molecule has 4 heteroatoms. The van der Waals surface area contributed by atoms with Gasteiger partial charge < -0.3 is 10.2 Å². The van der Waals surface area contributed by atoms with Gasteiger partial charge in [0.25, 0.3) is 0 Å². The molecule has 0 aromatic carbocycles. The van der Waals surface area contributed by atoms with Crippen LogP contribution in [0, 0.1) is 17.8 Å². The molecule has 3 atom stereocenters. The van der Waals surface area contributed by atoms with Gasteiger partial charge in [-0.25, -0.2) is 0 Å².